The fraction of sp³-hybridized carbons (Fsp3) is 0.917. The monoisotopic (exact) mass is 263 g/mol. The predicted molar refractivity (Wildman–Crippen MR) is 67.7 cm³/mol. The van der Waals surface area contributed by atoms with Gasteiger partial charge in [0.05, 0.1) is 19.8 Å². The highest BCUT2D eigenvalue weighted by atomic mass is 16.6. The summed E-state index contributed by atoms with van der Waals surface area (Å²) < 4.78 is 20.5. The number of alkyl carbamates (subject to hydrolysis) is 1. The quantitative estimate of drug-likeness (QED) is 0.666. The Morgan fingerprint density at radius 2 is 1.72 bits per heavy atom. The molecule has 0 fully saturated rings. The van der Waals surface area contributed by atoms with Gasteiger partial charge in [0.25, 0.3) is 0 Å². The van der Waals surface area contributed by atoms with E-state index in [9.17, 15) is 4.79 Å². The molecule has 0 unspecified atom stereocenters. The van der Waals surface area contributed by atoms with Gasteiger partial charge in [-0.05, 0) is 20.8 Å². The van der Waals surface area contributed by atoms with E-state index in [1.807, 2.05) is 20.8 Å². The zero-order chi connectivity index (χ0) is 14.0. The van der Waals surface area contributed by atoms with E-state index < -0.39 is 11.7 Å². The van der Waals surface area contributed by atoms with Crippen LogP contribution >= 0.6 is 0 Å². The molecule has 0 rings (SSSR count). The van der Waals surface area contributed by atoms with Gasteiger partial charge in [-0.2, -0.15) is 0 Å². The first kappa shape index (κ1) is 17.2. The van der Waals surface area contributed by atoms with Crippen LogP contribution in [0.3, 0.4) is 0 Å². The number of hydrogen-bond donors (Lipinski definition) is 1. The summed E-state index contributed by atoms with van der Waals surface area (Å²) in [5.41, 5.74) is -0.487. The molecule has 0 saturated heterocycles. The average molecular weight is 263 g/mol. The van der Waals surface area contributed by atoms with E-state index in [4.69, 9.17) is 18.9 Å². The summed E-state index contributed by atoms with van der Waals surface area (Å²) in [7, 11) is 3.20. The maximum atomic E-state index is 11.3. The molecule has 0 aliphatic carbocycles. The zero-order valence-electron chi connectivity index (χ0n) is 11.9. The molecule has 0 aromatic carbocycles. The van der Waals surface area contributed by atoms with Gasteiger partial charge in [0.15, 0.2) is 0 Å². The van der Waals surface area contributed by atoms with Crippen LogP contribution in [0, 0.1) is 0 Å². The van der Waals surface area contributed by atoms with E-state index in [0.29, 0.717) is 26.4 Å². The Kier molecular flexibility index (Phi) is 8.70. The minimum Gasteiger partial charge on any atom is -0.444 e. The predicted octanol–water partition coefficient (Wildman–Crippen LogP) is 1.19. The van der Waals surface area contributed by atoms with Crippen molar-refractivity contribution < 1.29 is 23.7 Å². The summed E-state index contributed by atoms with van der Waals surface area (Å²) in [6, 6.07) is 0. The smallest absolute Gasteiger partial charge is 0.407 e. The van der Waals surface area contributed by atoms with Crippen LogP contribution in [0.1, 0.15) is 20.8 Å². The van der Waals surface area contributed by atoms with Gasteiger partial charge in [-0.15, -0.1) is 0 Å². The van der Waals surface area contributed by atoms with Crippen molar-refractivity contribution in [3.05, 3.63) is 0 Å². The van der Waals surface area contributed by atoms with Gasteiger partial charge in [0.1, 0.15) is 11.7 Å². The molecule has 0 radical (unpaired) electrons. The molecule has 0 heterocycles. The van der Waals surface area contributed by atoms with E-state index in [0.717, 1.165) is 0 Å². The van der Waals surface area contributed by atoms with Crippen molar-refractivity contribution in [3.8, 4) is 0 Å². The molecular formula is C12H25NO5. The van der Waals surface area contributed by atoms with E-state index in [-0.39, 0.29) is 6.10 Å². The van der Waals surface area contributed by atoms with Crippen LogP contribution in [0.25, 0.3) is 0 Å². The van der Waals surface area contributed by atoms with Crippen molar-refractivity contribution >= 4 is 6.09 Å². The summed E-state index contributed by atoms with van der Waals surface area (Å²) in [6.07, 6.45) is -0.568. The highest BCUT2D eigenvalue weighted by molar-refractivity contribution is 5.67. The molecule has 1 N–H and O–H groups in total. The first-order valence-electron chi connectivity index (χ1n) is 5.95. The minimum atomic E-state index is -0.487. The van der Waals surface area contributed by atoms with Gasteiger partial charge >= 0.3 is 6.09 Å². The number of carbonyl (C=O) groups is 1. The van der Waals surface area contributed by atoms with Gasteiger partial charge in [0.2, 0.25) is 0 Å². The number of amides is 1. The Morgan fingerprint density at radius 3 is 2.17 bits per heavy atom. The van der Waals surface area contributed by atoms with Crippen LogP contribution in [-0.4, -0.2) is 58.4 Å². The summed E-state index contributed by atoms with van der Waals surface area (Å²) in [6.45, 7) is 7.14. The maximum Gasteiger partial charge on any atom is 0.407 e. The Labute approximate surface area is 109 Å². The SMILES string of the molecule is COCC(COC)OCCNC(=O)OC(C)(C)C. The van der Waals surface area contributed by atoms with Crippen LogP contribution in [0.4, 0.5) is 4.79 Å². The second kappa shape index (κ2) is 9.13. The molecule has 108 valence electrons. The van der Waals surface area contributed by atoms with E-state index in [1.165, 1.54) is 0 Å². The lowest BCUT2D eigenvalue weighted by Crippen LogP contribution is -2.35. The fourth-order valence-corrected chi connectivity index (χ4v) is 1.21. The van der Waals surface area contributed by atoms with Crippen molar-refractivity contribution in [1.29, 1.82) is 0 Å². The second-order valence-electron chi connectivity index (χ2n) is 4.83. The third-order valence-electron chi connectivity index (χ3n) is 1.83. The van der Waals surface area contributed by atoms with Crippen molar-refractivity contribution in [1.82, 2.24) is 5.32 Å². The van der Waals surface area contributed by atoms with E-state index in [2.05, 4.69) is 5.32 Å². The van der Waals surface area contributed by atoms with Gasteiger partial charge < -0.3 is 24.3 Å². The van der Waals surface area contributed by atoms with Gasteiger partial charge in [-0.25, -0.2) is 4.79 Å². The van der Waals surface area contributed by atoms with Crippen LogP contribution in [0.2, 0.25) is 0 Å². The van der Waals surface area contributed by atoms with Crippen molar-refractivity contribution in [2.24, 2.45) is 0 Å². The summed E-state index contributed by atoms with van der Waals surface area (Å²) >= 11 is 0. The summed E-state index contributed by atoms with van der Waals surface area (Å²) in [5, 5.41) is 2.61. The van der Waals surface area contributed by atoms with Crippen molar-refractivity contribution in [3.63, 3.8) is 0 Å². The molecule has 1 amide bonds. The molecule has 0 aromatic heterocycles. The van der Waals surface area contributed by atoms with Crippen LogP contribution in [-0.2, 0) is 18.9 Å². The van der Waals surface area contributed by atoms with Crippen molar-refractivity contribution in [2.75, 3.05) is 40.6 Å². The van der Waals surface area contributed by atoms with Crippen LogP contribution in [0.15, 0.2) is 0 Å². The lowest BCUT2D eigenvalue weighted by Gasteiger charge is -2.20. The van der Waals surface area contributed by atoms with Gasteiger partial charge in [0, 0.05) is 20.8 Å². The highest BCUT2D eigenvalue weighted by Crippen LogP contribution is 2.06. The largest absolute Gasteiger partial charge is 0.444 e. The van der Waals surface area contributed by atoms with Gasteiger partial charge in [-0.1, -0.05) is 0 Å². The Balaban J connectivity index is 3.67. The molecule has 0 spiro atoms. The summed E-state index contributed by atoms with van der Waals surface area (Å²) in [5.74, 6) is 0. The first-order chi connectivity index (χ1) is 8.39. The first-order valence-corrected chi connectivity index (χ1v) is 5.95. The Morgan fingerprint density at radius 1 is 1.17 bits per heavy atom. The molecule has 0 aliphatic heterocycles. The van der Waals surface area contributed by atoms with E-state index in [1.54, 1.807) is 14.2 Å². The lowest BCUT2D eigenvalue weighted by atomic mass is 10.2. The Hall–Kier alpha value is -0.850. The summed E-state index contributed by atoms with van der Waals surface area (Å²) in [4.78, 5) is 11.3. The standard InChI is InChI=1S/C12H25NO5/c1-12(2,3)18-11(14)13-6-7-17-10(8-15-4)9-16-5/h10H,6-9H2,1-5H3,(H,13,14). The molecule has 0 aliphatic rings. The van der Waals surface area contributed by atoms with Crippen LogP contribution in [0.5, 0.6) is 0 Å². The third kappa shape index (κ3) is 10.3. The lowest BCUT2D eigenvalue weighted by molar-refractivity contribution is -0.0402. The molecule has 0 atom stereocenters. The number of nitrogens with one attached hydrogen (secondary N) is 1. The number of carbonyl (C=O) groups excluding carboxylic acids is 1. The molecule has 0 bridgehead atoms. The topological polar surface area (TPSA) is 66.0 Å². The van der Waals surface area contributed by atoms with E-state index >= 15 is 0 Å². The maximum absolute atomic E-state index is 11.3. The molecule has 6 heteroatoms. The minimum absolute atomic E-state index is 0.125. The fourth-order valence-electron chi connectivity index (χ4n) is 1.21. The second-order valence-corrected chi connectivity index (χ2v) is 4.83. The zero-order valence-corrected chi connectivity index (χ0v) is 11.9. The molecule has 0 saturated carbocycles. The Bertz CT molecular complexity index is 221. The highest BCUT2D eigenvalue weighted by Gasteiger charge is 2.15. The van der Waals surface area contributed by atoms with Crippen LogP contribution < -0.4 is 5.32 Å². The van der Waals surface area contributed by atoms with Gasteiger partial charge in [-0.3, -0.25) is 0 Å². The molecule has 0 aromatic rings. The third-order valence-corrected chi connectivity index (χ3v) is 1.83. The number of rotatable bonds is 8. The molecule has 6 nitrogen and oxygen atoms in total. The number of methoxy groups -OCH3 is 2. The van der Waals surface area contributed by atoms with Crippen molar-refractivity contribution in [2.45, 2.75) is 32.5 Å². The molecular weight excluding hydrogens is 238 g/mol. The molecule has 18 heavy (non-hydrogen) atoms. The average Bonchev–Trinajstić information content (AvgIpc) is 2.22. The normalized spacial score (nSPS) is 11.7. The number of hydrogen-bond acceptors (Lipinski definition) is 5. The number of ether oxygens (including phenoxy) is 4.